The van der Waals surface area contributed by atoms with E-state index in [1.807, 2.05) is 21.9 Å². The number of anilines is 1. The fourth-order valence-electron chi connectivity index (χ4n) is 4.17. The molecule has 1 saturated heterocycles. The van der Waals surface area contributed by atoms with Crippen LogP contribution < -0.4 is 10.6 Å². The number of rotatable bonds is 6. The van der Waals surface area contributed by atoms with Crippen LogP contribution in [-0.2, 0) is 14.4 Å². The molecule has 1 saturated carbocycles. The third-order valence-corrected chi connectivity index (χ3v) is 6.02. The number of piperazine rings is 1. The van der Waals surface area contributed by atoms with Gasteiger partial charge < -0.3 is 15.5 Å². The number of nitrogens with zero attached hydrogens (tertiary/aromatic N) is 2. The molecular formula is C21H29ClN4O3. The lowest BCUT2D eigenvalue weighted by molar-refractivity contribution is -0.139. The summed E-state index contributed by atoms with van der Waals surface area (Å²) in [7, 11) is 0. The third-order valence-electron chi connectivity index (χ3n) is 5.70. The van der Waals surface area contributed by atoms with Gasteiger partial charge in [-0.2, -0.15) is 0 Å². The Morgan fingerprint density at radius 1 is 1.10 bits per heavy atom. The van der Waals surface area contributed by atoms with Gasteiger partial charge in [-0.3, -0.25) is 19.3 Å². The lowest BCUT2D eigenvalue weighted by atomic mass is 9.96. The van der Waals surface area contributed by atoms with Gasteiger partial charge >= 0.3 is 0 Å². The molecule has 8 heteroatoms. The van der Waals surface area contributed by atoms with E-state index in [0.717, 1.165) is 25.7 Å². The zero-order valence-corrected chi connectivity index (χ0v) is 17.6. The first-order valence-corrected chi connectivity index (χ1v) is 10.6. The molecule has 7 nitrogen and oxygen atoms in total. The molecule has 1 unspecified atom stereocenters. The van der Waals surface area contributed by atoms with Crippen LogP contribution in [0.15, 0.2) is 24.3 Å². The van der Waals surface area contributed by atoms with E-state index in [4.69, 9.17) is 11.6 Å². The van der Waals surface area contributed by atoms with Crippen molar-refractivity contribution in [2.75, 3.05) is 38.0 Å². The zero-order chi connectivity index (χ0) is 20.8. The van der Waals surface area contributed by atoms with Crippen LogP contribution in [0.5, 0.6) is 0 Å². The average molecular weight is 421 g/mol. The molecule has 0 radical (unpaired) electrons. The fraction of sp³-hybridized carbons (Fsp3) is 0.571. The number of para-hydroxylation sites is 1. The van der Waals surface area contributed by atoms with Crippen LogP contribution in [0.25, 0.3) is 0 Å². The van der Waals surface area contributed by atoms with Gasteiger partial charge in [0.2, 0.25) is 17.7 Å². The Balaban J connectivity index is 1.49. The highest BCUT2D eigenvalue weighted by molar-refractivity contribution is 6.33. The summed E-state index contributed by atoms with van der Waals surface area (Å²) >= 11 is 6.08. The SMILES string of the molecule is CC(=O)NC(C(=O)N1CCN(CC(=O)Nc2ccccc2Cl)CC1)C1CCCC1. The first-order valence-electron chi connectivity index (χ1n) is 10.3. The Morgan fingerprint density at radius 3 is 2.38 bits per heavy atom. The van der Waals surface area contributed by atoms with E-state index in [9.17, 15) is 14.4 Å². The normalized spacial score (nSPS) is 19.0. The van der Waals surface area contributed by atoms with E-state index in [1.54, 1.807) is 12.1 Å². The number of benzene rings is 1. The molecule has 2 N–H and O–H groups in total. The van der Waals surface area contributed by atoms with Crippen LogP contribution in [0.4, 0.5) is 5.69 Å². The van der Waals surface area contributed by atoms with E-state index in [2.05, 4.69) is 10.6 Å². The van der Waals surface area contributed by atoms with Crippen LogP contribution >= 0.6 is 11.6 Å². The second-order valence-corrected chi connectivity index (χ2v) is 8.26. The summed E-state index contributed by atoms with van der Waals surface area (Å²) in [4.78, 5) is 40.8. The molecule has 1 atom stereocenters. The number of hydrogen-bond donors (Lipinski definition) is 2. The molecule has 1 aromatic carbocycles. The molecule has 3 rings (SSSR count). The molecule has 1 aromatic rings. The standard InChI is InChI=1S/C21H29ClN4O3/c1-15(27)23-20(16-6-2-3-7-16)21(29)26-12-10-25(11-13-26)14-19(28)24-18-9-5-4-8-17(18)22/h4-5,8-9,16,20H,2-3,6-7,10-14H2,1H3,(H,23,27)(H,24,28). The molecular weight excluding hydrogens is 392 g/mol. The average Bonchev–Trinajstić information content (AvgIpc) is 3.22. The summed E-state index contributed by atoms with van der Waals surface area (Å²) in [5.41, 5.74) is 0.600. The highest BCUT2D eigenvalue weighted by Gasteiger charge is 2.35. The molecule has 29 heavy (non-hydrogen) atoms. The maximum Gasteiger partial charge on any atom is 0.245 e. The van der Waals surface area contributed by atoms with Gasteiger partial charge in [0.25, 0.3) is 0 Å². The second kappa shape index (κ2) is 10.1. The number of nitrogens with one attached hydrogen (secondary N) is 2. The number of halogens is 1. The molecule has 0 bridgehead atoms. The van der Waals surface area contributed by atoms with Crippen LogP contribution in [0.2, 0.25) is 5.02 Å². The second-order valence-electron chi connectivity index (χ2n) is 7.85. The van der Waals surface area contributed by atoms with E-state index >= 15 is 0 Å². The Bertz CT molecular complexity index is 743. The summed E-state index contributed by atoms with van der Waals surface area (Å²) in [5, 5.41) is 6.21. The van der Waals surface area contributed by atoms with E-state index in [1.165, 1.54) is 6.92 Å². The van der Waals surface area contributed by atoms with Crippen molar-refractivity contribution in [3.05, 3.63) is 29.3 Å². The van der Waals surface area contributed by atoms with Crippen molar-refractivity contribution in [1.29, 1.82) is 0 Å². The van der Waals surface area contributed by atoms with Gasteiger partial charge in [0.15, 0.2) is 0 Å². The van der Waals surface area contributed by atoms with Crippen molar-refractivity contribution >= 4 is 35.0 Å². The topological polar surface area (TPSA) is 81.8 Å². The van der Waals surface area contributed by atoms with Crippen molar-refractivity contribution in [3.63, 3.8) is 0 Å². The van der Waals surface area contributed by atoms with Crippen LogP contribution in [0.3, 0.4) is 0 Å². The molecule has 0 aromatic heterocycles. The monoisotopic (exact) mass is 420 g/mol. The molecule has 158 valence electrons. The van der Waals surface area contributed by atoms with Crippen molar-refractivity contribution in [3.8, 4) is 0 Å². The summed E-state index contributed by atoms with van der Waals surface area (Å²) in [6.45, 7) is 4.08. The van der Waals surface area contributed by atoms with Crippen molar-refractivity contribution in [1.82, 2.24) is 15.1 Å². The van der Waals surface area contributed by atoms with Crippen LogP contribution in [0, 0.1) is 5.92 Å². The largest absolute Gasteiger partial charge is 0.344 e. The van der Waals surface area contributed by atoms with Crippen molar-refractivity contribution < 1.29 is 14.4 Å². The van der Waals surface area contributed by atoms with Gasteiger partial charge in [0.05, 0.1) is 17.3 Å². The minimum atomic E-state index is -0.426. The zero-order valence-electron chi connectivity index (χ0n) is 16.8. The first-order chi connectivity index (χ1) is 13.9. The summed E-state index contributed by atoms with van der Waals surface area (Å²) < 4.78 is 0. The minimum Gasteiger partial charge on any atom is -0.344 e. The van der Waals surface area contributed by atoms with Crippen LogP contribution in [0.1, 0.15) is 32.6 Å². The Hall–Kier alpha value is -2.12. The Kier molecular flexibility index (Phi) is 7.50. The van der Waals surface area contributed by atoms with Crippen molar-refractivity contribution in [2.24, 2.45) is 5.92 Å². The van der Waals surface area contributed by atoms with E-state index < -0.39 is 6.04 Å². The smallest absolute Gasteiger partial charge is 0.245 e. The molecule has 3 amide bonds. The quantitative estimate of drug-likeness (QED) is 0.738. The Labute approximate surface area is 176 Å². The lowest BCUT2D eigenvalue weighted by Gasteiger charge is -2.37. The van der Waals surface area contributed by atoms with Gasteiger partial charge in [0, 0.05) is 33.1 Å². The molecule has 1 aliphatic carbocycles. The number of hydrogen-bond acceptors (Lipinski definition) is 4. The Morgan fingerprint density at radius 2 is 1.76 bits per heavy atom. The van der Waals surface area contributed by atoms with Crippen LogP contribution in [-0.4, -0.2) is 66.3 Å². The predicted molar refractivity (Wildman–Crippen MR) is 113 cm³/mol. The van der Waals surface area contributed by atoms with Gasteiger partial charge in [-0.25, -0.2) is 0 Å². The number of carbonyl (C=O) groups is 3. The van der Waals surface area contributed by atoms with Gasteiger partial charge in [-0.15, -0.1) is 0 Å². The third kappa shape index (κ3) is 5.93. The molecule has 1 heterocycles. The van der Waals surface area contributed by atoms with E-state index in [-0.39, 0.29) is 30.2 Å². The number of amides is 3. The summed E-state index contributed by atoms with van der Waals surface area (Å²) in [6.07, 6.45) is 4.20. The lowest BCUT2D eigenvalue weighted by Crippen LogP contribution is -2.57. The fourth-order valence-corrected chi connectivity index (χ4v) is 4.35. The maximum atomic E-state index is 13.0. The van der Waals surface area contributed by atoms with Crippen molar-refractivity contribution in [2.45, 2.75) is 38.6 Å². The first kappa shape index (κ1) is 21.6. The maximum absolute atomic E-state index is 13.0. The van der Waals surface area contributed by atoms with Gasteiger partial charge in [-0.1, -0.05) is 36.6 Å². The molecule has 1 aliphatic heterocycles. The van der Waals surface area contributed by atoms with Gasteiger partial charge in [0.1, 0.15) is 6.04 Å². The summed E-state index contributed by atoms with van der Waals surface area (Å²) in [6, 6.07) is 6.71. The van der Waals surface area contributed by atoms with E-state index in [0.29, 0.717) is 36.9 Å². The molecule has 2 fully saturated rings. The highest BCUT2D eigenvalue weighted by atomic mass is 35.5. The minimum absolute atomic E-state index is 0.00673. The van der Waals surface area contributed by atoms with Gasteiger partial charge in [-0.05, 0) is 30.9 Å². The molecule has 0 spiro atoms. The predicted octanol–water partition coefficient (Wildman–Crippen LogP) is 2.12. The summed E-state index contributed by atoms with van der Waals surface area (Å²) in [5.74, 6) is -0.0526. The highest BCUT2D eigenvalue weighted by Crippen LogP contribution is 2.29. The number of carbonyl (C=O) groups excluding carboxylic acids is 3. The molecule has 2 aliphatic rings.